The van der Waals surface area contributed by atoms with Crippen LogP contribution in [-0.4, -0.2) is 47.9 Å². The van der Waals surface area contributed by atoms with Gasteiger partial charge >= 0.3 is 0 Å². The van der Waals surface area contributed by atoms with Gasteiger partial charge in [-0.05, 0) is 31.0 Å². The van der Waals surface area contributed by atoms with Gasteiger partial charge in [-0.3, -0.25) is 9.20 Å². The number of nitrogen functional groups attached to an aromatic ring is 1. The molecular weight excluding hydrogens is 330 g/mol. The quantitative estimate of drug-likeness (QED) is 0.597. The molecule has 1 fully saturated rings. The van der Waals surface area contributed by atoms with Crippen molar-refractivity contribution in [2.45, 2.75) is 12.8 Å². The molecule has 8 nitrogen and oxygen atoms in total. The van der Waals surface area contributed by atoms with Gasteiger partial charge in [0.05, 0.1) is 17.9 Å². The van der Waals surface area contributed by atoms with Gasteiger partial charge in [-0.15, -0.1) is 5.10 Å². The van der Waals surface area contributed by atoms with E-state index in [1.54, 1.807) is 16.9 Å². The molecule has 0 unspecified atom stereocenters. The Morgan fingerprint density at radius 2 is 1.92 bits per heavy atom. The highest BCUT2D eigenvalue weighted by atomic mass is 16.2. The standard InChI is InChI=1S/C18H17N7O/c19-18-21-9-14-13(5-8-25(14)22-18)12-3-4-16-20-10-15(24(16)11-12)17(26)23-6-1-2-7-23/h3-5,8-11H,1-2,6-7H2,(H2,19,22). The number of aromatic nitrogens is 5. The number of pyridine rings is 1. The lowest BCUT2D eigenvalue weighted by Crippen LogP contribution is -2.28. The van der Waals surface area contributed by atoms with E-state index in [0.29, 0.717) is 5.69 Å². The van der Waals surface area contributed by atoms with E-state index in [1.165, 1.54) is 0 Å². The summed E-state index contributed by atoms with van der Waals surface area (Å²) < 4.78 is 3.56. The van der Waals surface area contributed by atoms with Crippen LogP contribution in [0.15, 0.2) is 43.0 Å². The summed E-state index contributed by atoms with van der Waals surface area (Å²) in [6.45, 7) is 1.63. The molecular formula is C18H17N7O. The fraction of sp³-hybridized carbons (Fsp3) is 0.222. The third-order valence-corrected chi connectivity index (χ3v) is 4.86. The highest BCUT2D eigenvalue weighted by Crippen LogP contribution is 2.26. The summed E-state index contributed by atoms with van der Waals surface area (Å²) in [4.78, 5) is 23.1. The van der Waals surface area contributed by atoms with Crippen LogP contribution in [-0.2, 0) is 0 Å². The lowest BCUT2D eigenvalue weighted by molar-refractivity contribution is 0.0786. The molecule has 4 aromatic heterocycles. The van der Waals surface area contributed by atoms with Crippen molar-refractivity contribution >= 4 is 23.0 Å². The van der Waals surface area contributed by atoms with Crippen LogP contribution in [0.4, 0.5) is 5.95 Å². The Balaban J connectivity index is 1.62. The first-order valence-corrected chi connectivity index (χ1v) is 8.57. The average Bonchev–Trinajstić information content (AvgIpc) is 3.39. The molecule has 1 saturated heterocycles. The molecule has 5 rings (SSSR count). The van der Waals surface area contributed by atoms with Crippen molar-refractivity contribution in [3.8, 4) is 11.1 Å². The maximum atomic E-state index is 12.8. The number of anilines is 1. The van der Waals surface area contributed by atoms with E-state index < -0.39 is 0 Å². The maximum absolute atomic E-state index is 12.8. The SMILES string of the molecule is Nc1ncc2c(-c3ccc4ncc(C(=O)N5CCCC5)n4c3)ccn2n1. The van der Waals surface area contributed by atoms with Gasteiger partial charge in [-0.25, -0.2) is 14.5 Å². The lowest BCUT2D eigenvalue weighted by Gasteiger charge is -2.14. The van der Waals surface area contributed by atoms with Crippen LogP contribution < -0.4 is 5.73 Å². The predicted octanol–water partition coefficient (Wildman–Crippen LogP) is 1.86. The maximum Gasteiger partial charge on any atom is 0.272 e. The largest absolute Gasteiger partial charge is 0.367 e. The number of fused-ring (bicyclic) bond motifs is 2. The number of likely N-dealkylation sites (tertiary alicyclic amines) is 1. The Morgan fingerprint density at radius 3 is 2.77 bits per heavy atom. The number of amides is 1. The zero-order chi connectivity index (χ0) is 17.7. The molecule has 1 amide bonds. The molecule has 130 valence electrons. The van der Waals surface area contributed by atoms with Gasteiger partial charge in [0.1, 0.15) is 11.3 Å². The molecule has 8 heteroatoms. The van der Waals surface area contributed by atoms with Crippen molar-refractivity contribution in [1.29, 1.82) is 0 Å². The number of carbonyl (C=O) groups excluding carboxylic acids is 1. The van der Waals surface area contributed by atoms with Gasteiger partial charge < -0.3 is 10.6 Å². The van der Waals surface area contributed by atoms with Gasteiger partial charge in [0.25, 0.3) is 5.91 Å². The molecule has 5 heterocycles. The number of hydrogen-bond donors (Lipinski definition) is 1. The van der Waals surface area contributed by atoms with Gasteiger partial charge in [0.15, 0.2) is 0 Å². The molecule has 0 aliphatic carbocycles. The van der Waals surface area contributed by atoms with E-state index in [1.807, 2.05) is 39.9 Å². The Morgan fingerprint density at radius 1 is 1.08 bits per heavy atom. The molecule has 0 spiro atoms. The predicted molar refractivity (Wildman–Crippen MR) is 96.7 cm³/mol. The second kappa shape index (κ2) is 5.55. The fourth-order valence-electron chi connectivity index (χ4n) is 3.54. The third-order valence-electron chi connectivity index (χ3n) is 4.86. The second-order valence-corrected chi connectivity index (χ2v) is 6.46. The molecule has 0 bridgehead atoms. The Hall–Kier alpha value is -3.42. The van der Waals surface area contributed by atoms with E-state index in [-0.39, 0.29) is 11.9 Å². The summed E-state index contributed by atoms with van der Waals surface area (Å²) >= 11 is 0. The van der Waals surface area contributed by atoms with Crippen LogP contribution >= 0.6 is 0 Å². The number of nitrogens with two attached hydrogens (primary N) is 1. The zero-order valence-electron chi connectivity index (χ0n) is 14.0. The first-order valence-electron chi connectivity index (χ1n) is 8.57. The normalized spacial score (nSPS) is 14.5. The van der Waals surface area contributed by atoms with Gasteiger partial charge in [0.2, 0.25) is 5.95 Å². The van der Waals surface area contributed by atoms with Crippen molar-refractivity contribution < 1.29 is 4.79 Å². The topological polar surface area (TPSA) is 93.8 Å². The van der Waals surface area contributed by atoms with Crippen molar-refractivity contribution in [1.82, 2.24) is 28.9 Å². The minimum Gasteiger partial charge on any atom is -0.367 e. The summed E-state index contributed by atoms with van der Waals surface area (Å²) in [7, 11) is 0. The molecule has 0 atom stereocenters. The highest BCUT2D eigenvalue weighted by molar-refractivity contribution is 5.93. The summed E-state index contributed by atoms with van der Waals surface area (Å²) in [6.07, 6.45) is 9.27. The first-order chi connectivity index (χ1) is 12.7. The summed E-state index contributed by atoms with van der Waals surface area (Å²) in [6, 6.07) is 5.86. The smallest absolute Gasteiger partial charge is 0.272 e. The lowest BCUT2D eigenvalue weighted by atomic mass is 10.1. The molecule has 0 aromatic carbocycles. The van der Waals surface area contributed by atoms with E-state index in [2.05, 4.69) is 15.1 Å². The number of rotatable bonds is 2. The molecule has 4 aromatic rings. The summed E-state index contributed by atoms with van der Waals surface area (Å²) in [5, 5.41) is 4.18. The summed E-state index contributed by atoms with van der Waals surface area (Å²) in [5.41, 5.74) is 9.77. The molecule has 26 heavy (non-hydrogen) atoms. The van der Waals surface area contributed by atoms with E-state index in [0.717, 1.165) is 48.2 Å². The minimum absolute atomic E-state index is 0.0324. The van der Waals surface area contributed by atoms with Crippen LogP contribution in [0.25, 0.3) is 22.3 Å². The average molecular weight is 347 g/mol. The first kappa shape index (κ1) is 14.9. The Labute approximate surface area is 148 Å². The molecule has 0 saturated carbocycles. The number of imidazole rings is 1. The van der Waals surface area contributed by atoms with Gasteiger partial charge in [-0.2, -0.15) is 0 Å². The van der Waals surface area contributed by atoms with Gasteiger partial charge in [-0.1, -0.05) is 0 Å². The Kier molecular flexibility index (Phi) is 3.18. The van der Waals surface area contributed by atoms with Crippen LogP contribution in [0.3, 0.4) is 0 Å². The molecule has 1 aliphatic rings. The number of carbonyl (C=O) groups is 1. The zero-order valence-corrected chi connectivity index (χ0v) is 14.0. The fourth-order valence-corrected chi connectivity index (χ4v) is 3.54. The monoisotopic (exact) mass is 347 g/mol. The third kappa shape index (κ3) is 2.22. The summed E-state index contributed by atoms with van der Waals surface area (Å²) in [5.74, 6) is 0.258. The second-order valence-electron chi connectivity index (χ2n) is 6.46. The van der Waals surface area contributed by atoms with E-state index >= 15 is 0 Å². The minimum atomic E-state index is 0.0324. The van der Waals surface area contributed by atoms with Crippen molar-refractivity contribution in [3.05, 3.63) is 48.7 Å². The van der Waals surface area contributed by atoms with Crippen molar-refractivity contribution in [3.63, 3.8) is 0 Å². The Bertz CT molecular complexity index is 1140. The van der Waals surface area contributed by atoms with Crippen LogP contribution in [0.5, 0.6) is 0 Å². The van der Waals surface area contributed by atoms with Crippen LogP contribution in [0.2, 0.25) is 0 Å². The van der Waals surface area contributed by atoms with E-state index in [9.17, 15) is 4.79 Å². The molecule has 0 radical (unpaired) electrons. The van der Waals surface area contributed by atoms with Gasteiger partial charge in [0, 0.05) is 36.6 Å². The van der Waals surface area contributed by atoms with Crippen LogP contribution in [0, 0.1) is 0 Å². The van der Waals surface area contributed by atoms with Crippen LogP contribution in [0.1, 0.15) is 23.3 Å². The molecule has 2 N–H and O–H groups in total. The van der Waals surface area contributed by atoms with Crippen molar-refractivity contribution in [2.75, 3.05) is 18.8 Å². The number of hydrogen-bond acceptors (Lipinski definition) is 5. The van der Waals surface area contributed by atoms with Crippen molar-refractivity contribution in [2.24, 2.45) is 0 Å². The van der Waals surface area contributed by atoms with E-state index in [4.69, 9.17) is 5.73 Å². The highest BCUT2D eigenvalue weighted by Gasteiger charge is 2.22. The number of nitrogens with zero attached hydrogens (tertiary/aromatic N) is 6. The molecule has 1 aliphatic heterocycles.